The van der Waals surface area contributed by atoms with Crippen LogP contribution in [0, 0.1) is 5.92 Å². The van der Waals surface area contributed by atoms with Crippen LogP contribution in [0.25, 0.3) is 0 Å². The van der Waals surface area contributed by atoms with Gasteiger partial charge in [-0.15, -0.1) is 0 Å². The SMILES string of the molecule is CC(C)(OOC(C)(C)c1ccccc1)c1ccccc1.CCCCC(CC)C(=O)O. The summed E-state index contributed by atoms with van der Waals surface area (Å²) in [6.45, 7) is 12.0. The van der Waals surface area contributed by atoms with Crippen molar-refractivity contribution < 1.29 is 19.7 Å². The van der Waals surface area contributed by atoms with Crippen LogP contribution < -0.4 is 0 Å². The highest BCUT2D eigenvalue weighted by Crippen LogP contribution is 2.31. The molecule has 0 amide bonds. The average molecular weight is 415 g/mol. The Kier molecular flexibility index (Phi) is 10.8. The molecule has 4 heteroatoms. The number of carboxylic acids is 1. The molecule has 0 fully saturated rings. The van der Waals surface area contributed by atoms with Crippen LogP contribution in [-0.2, 0) is 25.8 Å². The largest absolute Gasteiger partial charge is 0.481 e. The maximum atomic E-state index is 10.4. The van der Waals surface area contributed by atoms with Crippen molar-refractivity contribution in [1.29, 1.82) is 0 Å². The third-order valence-electron chi connectivity index (χ3n) is 5.14. The van der Waals surface area contributed by atoms with Crippen molar-refractivity contribution >= 4 is 5.97 Å². The molecule has 0 aromatic heterocycles. The molecule has 30 heavy (non-hydrogen) atoms. The van der Waals surface area contributed by atoms with E-state index in [2.05, 4.69) is 6.92 Å². The van der Waals surface area contributed by atoms with Crippen molar-refractivity contribution in [3.63, 3.8) is 0 Å². The zero-order valence-corrected chi connectivity index (χ0v) is 19.4. The predicted molar refractivity (Wildman–Crippen MR) is 122 cm³/mol. The summed E-state index contributed by atoms with van der Waals surface area (Å²) < 4.78 is 0. The molecule has 0 aliphatic carbocycles. The lowest BCUT2D eigenvalue weighted by molar-refractivity contribution is -0.410. The zero-order valence-electron chi connectivity index (χ0n) is 19.4. The first kappa shape index (κ1) is 25.9. The Morgan fingerprint density at radius 2 is 1.23 bits per heavy atom. The van der Waals surface area contributed by atoms with E-state index >= 15 is 0 Å². The second-order valence-electron chi connectivity index (χ2n) is 8.50. The molecule has 1 N–H and O–H groups in total. The fraction of sp³-hybridized carbons (Fsp3) is 0.500. The Morgan fingerprint density at radius 3 is 1.53 bits per heavy atom. The molecule has 2 aromatic carbocycles. The molecule has 2 aromatic rings. The van der Waals surface area contributed by atoms with Gasteiger partial charge in [0.15, 0.2) is 0 Å². The third-order valence-corrected chi connectivity index (χ3v) is 5.14. The lowest BCUT2D eigenvalue weighted by Crippen LogP contribution is -2.29. The van der Waals surface area contributed by atoms with Gasteiger partial charge >= 0.3 is 5.97 Å². The van der Waals surface area contributed by atoms with Gasteiger partial charge in [0.05, 0.1) is 5.92 Å². The van der Waals surface area contributed by atoms with Crippen molar-refractivity contribution in [2.75, 3.05) is 0 Å². The number of hydrogen-bond donors (Lipinski definition) is 1. The van der Waals surface area contributed by atoms with E-state index in [-0.39, 0.29) is 5.92 Å². The fourth-order valence-corrected chi connectivity index (χ4v) is 2.94. The van der Waals surface area contributed by atoms with Crippen LogP contribution in [-0.4, -0.2) is 11.1 Å². The molecule has 0 saturated carbocycles. The highest BCUT2D eigenvalue weighted by molar-refractivity contribution is 5.69. The van der Waals surface area contributed by atoms with Gasteiger partial charge in [-0.3, -0.25) is 4.79 Å². The summed E-state index contributed by atoms with van der Waals surface area (Å²) in [5.74, 6) is -0.754. The van der Waals surface area contributed by atoms with Crippen molar-refractivity contribution in [3.8, 4) is 0 Å². The Morgan fingerprint density at radius 1 is 0.833 bits per heavy atom. The van der Waals surface area contributed by atoms with E-state index in [9.17, 15) is 4.79 Å². The molecule has 0 heterocycles. The van der Waals surface area contributed by atoms with Gasteiger partial charge in [-0.1, -0.05) is 87.4 Å². The van der Waals surface area contributed by atoms with E-state index in [4.69, 9.17) is 14.9 Å². The lowest BCUT2D eigenvalue weighted by Gasteiger charge is -2.31. The Balaban J connectivity index is 0.000000382. The number of aliphatic carboxylic acids is 1. The van der Waals surface area contributed by atoms with Gasteiger partial charge in [-0.2, -0.15) is 0 Å². The topological polar surface area (TPSA) is 55.8 Å². The van der Waals surface area contributed by atoms with Crippen molar-refractivity contribution in [1.82, 2.24) is 0 Å². The molecule has 0 bridgehead atoms. The van der Waals surface area contributed by atoms with Gasteiger partial charge in [0.2, 0.25) is 0 Å². The van der Waals surface area contributed by atoms with Crippen LogP contribution in [0.1, 0.15) is 78.4 Å². The summed E-state index contributed by atoms with van der Waals surface area (Å²) in [6, 6.07) is 20.2. The van der Waals surface area contributed by atoms with E-state index in [0.717, 1.165) is 36.8 Å². The summed E-state index contributed by atoms with van der Waals surface area (Å²) in [5, 5.41) is 8.60. The summed E-state index contributed by atoms with van der Waals surface area (Å²) in [6.07, 6.45) is 3.71. The molecule has 0 saturated heterocycles. The third kappa shape index (κ3) is 8.68. The number of carboxylic acid groups (broad SMARTS) is 1. The molecular weight excluding hydrogens is 376 g/mol. The van der Waals surface area contributed by atoms with Gasteiger partial charge in [-0.05, 0) is 51.7 Å². The van der Waals surface area contributed by atoms with Gasteiger partial charge in [0.1, 0.15) is 11.2 Å². The molecule has 0 aliphatic heterocycles. The van der Waals surface area contributed by atoms with E-state index in [0.29, 0.717) is 0 Å². The average Bonchev–Trinajstić information content (AvgIpc) is 2.74. The maximum absolute atomic E-state index is 10.4. The predicted octanol–water partition coefficient (Wildman–Crippen LogP) is 7.09. The van der Waals surface area contributed by atoms with Gasteiger partial charge in [-0.25, -0.2) is 9.78 Å². The smallest absolute Gasteiger partial charge is 0.306 e. The molecular formula is C26H38O4. The van der Waals surface area contributed by atoms with Crippen LogP contribution in [0.4, 0.5) is 0 Å². The Labute approximate surface area is 182 Å². The molecule has 1 unspecified atom stereocenters. The molecule has 166 valence electrons. The van der Waals surface area contributed by atoms with Gasteiger partial charge in [0, 0.05) is 0 Å². The van der Waals surface area contributed by atoms with Crippen LogP contribution in [0.2, 0.25) is 0 Å². The van der Waals surface area contributed by atoms with Crippen molar-refractivity contribution in [2.24, 2.45) is 5.92 Å². The van der Waals surface area contributed by atoms with Crippen LogP contribution >= 0.6 is 0 Å². The standard InChI is InChI=1S/C18H22O2.C8H16O2/c1-17(2,15-11-7-5-8-12-15)19-20-18(3,4)16-13-9-6-10-14-16;1-3-5-6-7(4-2)8(9)10/h5-14H,1-4H3;7H,3-6H2,1-2H3,(H,9,10). The zero-order chi connectivity index (χ0) is 22.6. The minimum Gasteiger partial charge on any atom is -0.481 e. The second kappa shape index (κ2) is 12.5. The lowest BCUT2D eigenvalue weighted by atomic mass is 9.98. The van der Waals surface area contributed by atoms with Crippen LogP contribution in [0.3, 0.4) is 0 Å². The monoisotopic (exact) mass is 414 g/mol. The minimum atomic E-state index is -0.643. The normalized spacial score (nSPS) is 12.6. The number of unbranched alkanes of at least 4 members (excludes halogenated alkanes) is 1. The highest BCUT2D eigenvalue weighted by Gasteiger charge is 2.29. The molecule has 0 radical (unpaired) electrons. The highest BCUT2D eigenvalue weighted by atomic mass is 17.2. The van der Waals surface area contributed by atoms with Crippen LogP contribution in [0.5, 0.6) is 0 Å². The summed E-state index contributed by atoms with van der Waals surface area (Å²) in [4.78, 5) is 21.9. The molecule has 2 rings (SSSR count). The van der Waals surface area contributed by atoms with E-state index in [1.807, 2.05) is 95.3 Å². The minimum absolute atomic E-state index is 0.111. The Bertz CT molecular complexity index is 672. The van der Waals surface area contributed by atoms with Gasteiger partial charge in [0.25, 0.3) is 0 Å². The van der Waals surface area contributed by atoms with E-state index in [1.54, 1.807) is 0 Å². The first-order valence-corrected chi connectivity index (χ1v) is 10.8. The first-order valence-electron chi connectivity index (χ1n) is 10.8. The first-order chi connectivity index (χ1) is 14.1. The van der Waals surface area contributed by atoms with Gasteiger partial charge < -0.3 is 5.11 Å². The maximum Gasteiger partial charge on any atom is 0.306 e. The Hall–Kier alpha value is -2.17. The quantitative estimate of drug-likeness (QED) is 0.333. The summed E-state index contributed by atoms with van der Waals surface area (Å²) >= 11 is 0. The molecule has 4 nitrogen and oxygen atoms in total. The molecule has 0 aliphatic rings. The van der Waals surface area contributed by atoms with E-state index < -0.39 is 17.2 Å². The fourth-order valence-electron chi connectivity index (χ4n) is 2.94. The van der Waals surface area contributed by atoms with Crippen LogP contribution in [0.15, 0.2) is 60.7 Å². The van der Waals surface area contributed by atoms with Crippen molar-refractivity contribution in [3.05, 3.63) is 71.8 Å². The summed E-state index contributed by atoms with van der Waals surface area (Å²) in [5.41, 5.74) is 1.19. The number of hydrogen-bond acceptors (Lipinski definition) is 3. The molecule has 0 spiro atoms. The second-order valence-corrected chi connectivity index (χ2v) is 8.50. The number of carbonyl (C=O) groups is 1. The molecule has 1 atom stereocenters. The number of rotatable bonds is 10. The number of benzene rings is 2. The van der Waals surface area contributed by atoms with Crippen molar-refractivity contribution in [2.45, 2.75) is 78.4 Å². The summed E-state index contributed by atoms with van der Waals surface area (Å²) in [7, 11) is 0. The van der Waals surface area contributed by atoms with E-state index in [1.165, 1.54) is 0 Å².